The predicted molar refractivity (Wildman–Crippen MR) is 268 cm³/mol. The van der Waals surface area contributed by atoms with Crippen LogP contribution in [0.5, 0.6) is 0 Å². The number of aliphatic carboxylic acids is 1. The van der Waals surface area contributed by atoms with Crippen LogP contribution < -0.4 is 5.11 Å². The lowest BCUT2D eigenvalue weighted by Crippen LogP contribution is -2.55. The van der Waals surface area contributed by atoms with Gasteiger partial charge in [0.15, 0.2) is 6.10 Å². The number of quaternary nitrogens is 1. The first-order valence-corrected chi connectivity index (χ1v) is 27.7. The van der Waals surface area contributed by atoms with Crippen molar-refractivity contribution < 1.29 is 38.2 Å². The van der Waals surface area contributed by atoms with Crippen molar-refractivity contribution in [2.45, 2.75) is 289 Å². The standard InChI is InChI=1S/C56H107NO7/c1-6-8-10-12-14-16-18-20-22-24-25-26-27-28-29-31-33-35-37-39-41-43-45-47-55(59)64-52(50-62-49-48-53(56(60)61)57(3,4)5)51-63-54(58)46-44-42-40-38-36-34-32-30-23-21-19-17-15-13-11-9-7-2/h21,23,52-53H,6-20,22,24-51H2,1-5H3/b23-21+. The van der Waals surface area contributed by atoms with E-state index in [2.05, 4.69) is 26.0 Å². The van der Waals surface area contributed by atoms with Crippen molar-refractivity contribution in [3.8, 4) is 0 Å². The number of allylic oxidation sites excluding steroid dienone is 2. The van der Waals surface area contributed by atoms with Gasteiger partial charge in [-0.2, -0.15) is 0 Å². The molecule has 2 atom stereocenters. The van der Waals surface area contributed by atoms with Crippen LogP contribution in [0, 0.1) is 0 Å². The zero-order valence-electron chi connectivity index (χ0n) is 43.2. The van der Waals surface area contributed by atoms with Crippen LogP contribution in [0.25, 0.3) is 0 Å². The number of esters is 2. The number of likely N-dealkylation sites (N-methyl/N-ethyl adjacent to an activating group) is 1. The summed E-state index contributed by atoms with van der Waals surface area (Å²) in [6.45, 7) is 4.71. The second kappa shape index (κ2) is 47.6. The summed E-state index contributed by atoms with van der Waals surface area (Å²) in [7, 11) is 5.43. The largest absolute Gasteiger partial charge is 0.544 e. The van der Waals surface area contributed by atoms with Crippen molar-refractivity contribution in [1.82, 2.24) is 0 Å². The minimum absolute atomic E-state index is 0.0459. The Balaban J connectivity index is 4.14. The van der Waals surface area contributed by atoms with Crippen molar-refractivity contribution in [3.05, 3.63) is 12.2 Å². The average Bonchev–Trinajstić information content (AvgIpc) is 3.26. The molecule has 0 aromatic heterocycles. The van der Waals surface area contributed by atoms with E-state index < -0.39 is 18.1 Å². The van der Waals surface area contributed by atoms with E-state index in [-0.39, 0.29) is 42.7 Å². The van der Waals surface area contributed by atoms with E-state index in [1.807, 2.05) is 21.1 Å². The zero-order valence-corrected chi connectivity index (χ0v) is 43.2. The molecule has 0 fully saturated rings. The van der Waals surface area contributed by atoms with Crippen molar-refractivity contribution in [2.75, 3.05) is 41.0 Å². The third-order valence-electron chi connectivity index (χ3n) is 12.9. The SMILES string of the molecule is CCCCCCCC/C=C/CCCCCCCCCC(=O)OCC(COCCC(C(=O)[O-])[N+](C)(C)C)OC(=O)CCCCCCCCCCCCCCCCCCCCCCCCC. The van der Waals surface area contributed by atoms with Crippen LogP contribution in [0.4, 0.5) is 0 Å². The number of carboxylic acids is 1. The fraction of sp³-hybridized carbons (Fsp3) is 0.911. The molecule has 64 heavy (non-hydrogen) atoms. The van der Waals surface area contributed by atoms with Gasteiger partial charge in [0.2, 0.25) is 0 Å². The fourth-order valence-corrected chi connectivity index (χ4v) is 8.60. The summed E-state index contributed by atoms with van der Waals surface area (Å²) >= 11 is 0. The van der Waals surface area contributed by atoms with E-state index in [1.165, 1.54) is 205 Å². The molecule has 2 unspecified atom stereocenters. The van der Waals surface area contributed by atoms with E-state index in [1.54, 1.807) is 0 Å². The van der Waals surface area contributed by atoms with Crippen LogP contribution in [0.15, 0.2) is 12.2 Å². The number of unbranched alkanes of at least 4 members (excludes halogenated alkanes) is 35. The smallest absolute Gasteiger partial charge is 0.306 e. The Labute approximate surface area is 397 Å². The number of carbonyl (C=O) groups excluding carboxylic acids is 3. The number of ether oxygens (including phenoxy) is 3. The highest BCUT2D eigenvalue weighted by Crippen LogP contribution is 2.17. The summed E-state index contributed by atoms with van der Waals surface area (Å²) in [6, 6.07) is -0.723. The summed E-state index contributed by atoms with van der Waals surface area (Å²) in [5, 5.41) is 11.7. The lowest BCUT2D eigenvalue weighted by Gasteiger charge is -2.34. The molecular weight excluding hydrogens is 799 g/mol. The van der Waals surface area contributed by atoms with Crippen LogP contribution in [0.2, 0.25) is 0 Å². The van der Waals surface area contributed by atoms with Crippen molar-refractivity contribution >= 4 is 17.9 Å². The van der Waals surface area contributed by atoms with Gasteiger partial charge in [-0.3, -0.25) is 9.59 Å². The molecule has 0 radical (unpaired) electrons. The van der Waals surface area contributed by atoms with Crippen LogP contribution in [0.1, 0.15) is 277 Å². The highest BCUT2D eigenvalue weighted by atomic mass is 16.6. The first-order chi connectivity index (χ1) is 31.1. The normalized spacial score (nSPS) is 12.8. The minimum atomic E-state index is -1.12. The maximum absolute atomic E-state index is 12.8. The van der Waals surface area contributed by atoms with Gasteiger partial charge < -0.3 is 28.6 Å². The molecule has 0 rings (SSSR count). The molecule has 8 nitrogen and oxygen atoms in total. The lowest BCUT2D eigenvalue weighted by molar-refractivity contribution is -0.889. The Morgan fingerprint density at radius 2 is 0.781 bits per heavy atom. The summed E-state index contributed by atoms with van der Waals surface area (Å²) in [6.07, 6.45) is 53.9. The van der Waals surface area contributed by atoms with Crippen molar-refractivity contribution in [3.63, 3.8) is 0 Å². The van der Waals surface area contributed by atoms with Crippen LogP contribution in [-0.2, 0) is 28.6 Å². The maximum atomic E-state index is 12.8. The van der Waals surface area contributed by atoms with E-state index in [0.717, 1.165) is 38.5 Å². The molecule has 0 aromatic carbocycles. The maximum Gasteiger partial charge on any atom is 0.306 e. The Kier molecular flexibility index (Phi) is 46.1. The van der Waals surface area contributed by atoms with Crippen LogP contribution in [-0.4, -0.2) is 75.5 Å². The van der Waals surface area contributed by atoms with Gasteiger partial charge in [-0.1, -0.05) is 231 Å². The summed E-state index contributed by atoms with van der Waals surface area (Å²) in [4.78, 5) is 37.1. The predicted octanol–water partition coefficient (Wildman–Crippen LogP) is 14.9. The second-order valence-electron chi connectivity index (χ2n) is 20.2. The van der Waals surface area contributed by atoms with Gasteiger partial charge in [0.05, 0.1) is 40.3 Å². The quantitative estimate of drug-likeness (QED) is 0.0259. The van der Waals surface area contributed by atoms with Gasteiger partial charge in [-0.15, -0.1) is 0 Å². The van der Waals surface area contributed by atoms with E-state index in [9.17, 15) is 19.5 Å². The topological polar surface area (TPSA) is 102 Å². The summed E-state index contributed by atoms with van der Waals surface area (Å²) in [5.74, 6) is -1.72. The first-order valence-electron chi connectivity index (χ1n) is 27.7. The van der Waals surface area contributed by atoms with Gasteiger partial charge in [0.1, 0.15) is 12.6 Å². The lowest BCUT2D eigenvalue weighted by atomic mass is 10.0. The third-order valence-corrected chi connectivity index (χ3v) is 12.9. The van der Waals surface area contributed by atoms with Gasteiger partial charge in [-0.25, -0.2) is 0 Å². The van der Waals surface area contributed by atoms with Crippen LogP contribution in [0.3, 0.4) is 0 Å². The number of carboxylic acid groups (broad SMARTS) is 1. The van der Waals surface area contributed by atoms with Gasteiger partial charge in [-0.05, 0) is 38.5 Å². The Bertz CT molecular complexity index is 1060. The Hall–Kier alpha value is -1.93. The van der Waals surface area contributed by atoms with E-state index in [4.69, 9.17) is 14.2 Å². The molecule has 0 aliphatic carbocycles. The molecule has 0 aromatic rings. The fourth-order valence-electron chi connectivity index (χ4n) is 8.60. The number of hydrogen-bond donors (Lipinski definition) is 0. The Morgan fingerprint density at radius 3 is 1.12 bits per heavy atom. The van der Waals surface area contributed by atoms with Gasteiger partial charge in [0.25, 0.3) is 0 Å². The Morgan fingerprint density at radius 1 is 0.453 bits per heavy atom. The molecule has 8 heteroatoms. The number of nitrogens with zero attached hydrogens (tertiary/aromatic N) is 1. The minimum Gasteiger partial charge on any atom is -0.544 e. The molecule has 0 saturated heterocycles. The monoisotopic (exact) mass is 906 g/mol. The highest BCUT2D eigenvalue weighted by Gasteiger charge is 2.25. The summed E-state index contributed by atoms with van der Waals surface area (Å²) in [5.41, 5.74) is 0. The molecule has 0 heterocycles. The molecular formula is C56H107NO7. The van der Waals surface area contributed by atoms with Crippen LogP contribution >= 0.6 is 0 Å². The van der Waals surface area contributed by atoms with Gasteiger partial charge >= 0.3 is 11.9 Å². The first kappa shape index (κ1) is 62.1. The van der Waals surface area contributed by atoms with E-state index >= 15 is 0 Å². The highest BCUT2D eigenvalue weighted by molar-refractivity contribution is 5.70. The second-order valence-corrected chi connectivity index (χ2v) is 20.2. The molecule has 0 spiro atoms. The summed E-state index contributed by atoms with van der Waals surface area (Å²) < 4.78 is 17.3. The number of carbonyl (C=O) groups is 3. The average molecular weight is 906 g/mol. The van der Waals surface area contributed by atoms with E-state index in [0.29, 0.717) is 12.8 Å². The van der Waals surface area contributed by atoms with Crippen molar-refractivity contribution in [2.24, 2.45) is 0 Å². The molecule has 0 saturated carbocycles. The molecule has 0 aliphatic rings. The molecule has 0 aliphatic heterocycles. The third kappa shape index (κ3) is 45.2. The molecule has 0 amide bonds. The molecule has 0 bridgehead atoms. The van der Waals surface area contributed by atoms with Crippen molar-refractivity contribution in [1.29, 1.82) is 0 Å². The number of rotatable bonds is 51. The zero-order chi connectivity index (χ0) is 47.0. The number of hydrogen-bond acceptors (Lipinski definition) is 7. The molecule has 0 N–H and O–H groups in total. The molecule has 378 valence electrons. The van der Waals surface area contributed by atoms with Gasteiger partial charge in [0, 0.05) is 19.3 Å².